The number of hydrogen-bond acceptors (Lipinski definition) is 5. The smallest absolute Gasteiger partial charge is 0.191 e. The molecule has 2 N–H and O–H groups in total. The number of aliphatic imine (C=N–C) groups is 1. The van der Waals surface area contributed by atoms with E-state index in [4.69, 9.17) is 4.52 Å². The zero-order chi connectivity index (χ0) is 20.6. The molecule has 2 rings (SSSR count). The quantitative estimate of drug-likeness (QED) is 0.490. The van der Waals surface area contributed by atoms with Crippen LogP contribution in [0.1, 0.15) is 56.5 Å². The number of benzene rings is 1. The lowest BCUT2D eigenvalue weighted by atomic mass is 9.99. The Morgan fingerprint density at radius 3 is 2.39 bits per heavy atom. The van der Waals surface area contributed by atoms with E-state index in [1.54, 1.807) is 24.3 Å². The second-order valence-corrected chi connectivity index (χ2v) is 8.71. The normalized spacial score (nSPS) is 12.4. The van der Waals surface area contributed by atoms with Crippen molar-refractivity contribution in [3.63, 3.8) is 0 Å². The third-order valence-electron chi connectivity index (χ3n) is 4.53. The van der Waals surface area contributed by atoms with Gasteiger partial charge in [-0.2, -0.15) is 0 Å². The van der Waals surface area contributed by atoms with Crippen LogP contribution in [0.25, 0.3) is 0 Å². The standard InChI is InChI=1S/C20H30N4O3S/c1-5-16(6-2)19-12-17(27-24-19)14-23-20(21-7-3)22-13-15-8-10-18(11-9-15)28(4,25)26/h8-12,16H,5-7,13-14H2,1-4H3,(H2,21,22,23). The van der Waals surface area contributed by atoms with E-state index in [1.807, 2.05) is 13.0 Å². The van der Waals surface area contributed by atoms with Crippen molar-refractivity contribution >= 4 is 15.8 Å². The Bertz CT molecular complexity index is 869. The maximum atomic E-state index is 11.5. The molecule has 1 aromatic carbocycles. The fourth-order valence-electron chi connectivity index (χ4n) is 2.84. The zero-order valence-corrected chi connectivity index (χ0v) is 17.8. The van der Waals surface area contributed by atoms with E-state index in [2.05, 4.69) is 34.6 Å². The number of rotatable bonds is 9. The highest BCUT2D eigenvalue weighted by Crippen LogP contribution is 2.22. The molecule has 1 aromatic heterocycles. The van der Waals surface area contributed by atoms with Crippen molar-refractivity contribution in [3.05, 3.63) is 47.3 Å². The van der Waals surface area contributed by atoms with Crippen molar-refractivity contribution in [2.45, 2.75) is 57.5 Å². The molecule has 0 fully saturated rings. The van der Waals surface area contributed by atoms with E-state index < -0.39 is 9.84 Å². The highest BCUT2D eigenvalue weighted by Gasteiger charge is 2.13. The highest BCUT2D eigenvalue weighted by atomic mass is 32.2. The van der Waals surface area contributed by atoms with E-state index in [9.17, 15) is 8.42 Å². The Balaban J connectivity index is 1.99. The van der Waals surface area contributed by atoms with Gasteiger partial charge in [0.1, 0.15) is 0 Å². The van der Waals surface area contributed by atoms with E-state index in [0.29, 0.717) is 29.9 Å². The van der Waals surface area contributed by atoms with Crippen LogP contribution in [-0.2, 0) is 22.9 Å². The van der Waals surface area contributed by atoms with Gasteiger partial charge in [0.05, 0.1) is 23.7 Å². The third-order valence-corrected chi connectivity index (χ3v) is 5.66. The zero-order valence-electron chi connectivity index (χ0n) is 17.0. The third kappa shape index (κ3) is 6.37. The number of nitrogens with one attached hydrogen (secondary N) is 2. The molecule has 0 atom stereocenters. The van der Waals surface area contributed by atoms with Gasteiger partial charge in [0.15, 0.2) is 21.6 Å². The summed E-state index contributed by atoms with van der Waals surface area (Å²) in [6, 6.07) is 8.77. The first-order valence-corrected chi connectivity index (χ1v) is 11.5. The lowest BCUT2D eigenvalue weighted by Crippen LogP contribution is -2.36. The molecule has 0 radical (unpaired) electrons. The Kier molecular flexibility index (Phi) is 8.04. The molecule has 0 saturated heterocycles. The van der Waals surface area contributed by atoms with Crippen LogP contribution >= 0.6 is 0 Å². The van der Waals surface area contributed by atoms with Crippen LogP contribution in [0, 0.1) is 0 Å². The number of guanidine groups is 1. The molecule has 154 valence electrons. The molecular formula is C20H30N4O3S. The largest absolute Gasteiger partial charge is 0.359 e. The summed E-state index contributed by atoms with van der Waals surface area (Å²) >= 11 is 0. The average molecular weight is 407 g/mol. The minimum Gasteiger partial charge on any atom is -0.359 e. The summed E-state index contributed by atoms with van der Waals surface area (Å²) in [7, 11) is -3.18. The van der Waals surface area contributed by atoms with Crippen molar-refractivity contribution in [1.82, 2.24) is 15.8 Å². The van der Waals surface area contributed by atoms with Gasteiger partial charge >= 0.3 is 0 Å². The van der Waals surface area contributed by atoms with E-state index >= 15 is 0 Å². The Morgan fingerprint density at radius 2 is 1.82 bits per heavy atom. The minimum absolute atomic E-state index is 0.309. The molecule has 8 heteroatoms. The monoisotopic (exact) mass is 406 g/mol. The predicted molar refractivity (Wildman–Crippen MR) is 111 cm³/mol. The number of aromatic nitrogens is 1. The molecule has 1 heterocycles. The second kappa shape index (κ2) is 10.3. The van der Waals surface area contributed by atoms with Crippen molar-refractivity contribution in [2.75, 3.05) is 12.8 Å². The van der Waals surface area contributed by atoms with Crippen molar-refractivity contribution in [2.24, 2.45) is 4.99 Å². The van der Waals surface area contributed by atoms with Crippen LogP contribution in [0.15, 0.2) is 44.7 Å². The van der Waals surface area contributed by atoms with E-state index in [1.165, 1.54) is 6.26 Å². The van der Waals surface area contributed by atoms with Crippen LogP contribution in [0.4, 0.5) is 0 Å². The number of nitrogens with zero attached hydrogens (tertiary/aromatic N) is 2. The van der Waals surface area contributed by atoms with Crippen LogP contribution < -0.4 is 10.6 Å². The predicted octanol–water partition coefficient (Wildman–Crippen LogP) is 3.24. The molecule has 0 saturated carbocycles. The highest BCUT2D eigenvalue weighted by molar-refractivity contribution is 7.90. The molecule has 2 aromatic rings. The van der Waals surface area contributed by atoms with Gasteiger partial charge in [-0.25, -0.2) is 13.4 Å². The molecule has 28 heavy (non-hydrogen) atoms. The molecule has 0 spiro atoms. The lowest BCUT2D eigenvalue weighted by Gasteiger charge is -2.10. The summed E-state index contributed by atoms with van der Waals surface area (Å²) in [6.07, 6.45) is 3.28. The first-order chi connectivity index (χ1) is 13.4. The van der Waals surface area contributed by atoms with Gasteiger partial charge in [0.2, 0.25) is 0 Å². The Labute approximate surface area is 167 Å². The fourth-order valence-corrected chi connectivity index (χ4v) is 3.47. The fraction of sp³-hybridized carbons (Fsp3) is 0.500. The summed E-state index contributed by atoms with van der Waals surface area (Å²) in [5.74, 6) is 1.86. The van der Waals surface area contributed by atoms with Crippen LogP contribution in [0.2, 0.25) is 0 Å². The van der Waals surface area contributed by atoms with Gasteiger partial charge in [0, 0.05) is 24.8 Å². The second-order valence-electron chi connectivity index (χ2n) is 6.70. The molecule has 0 aliphatic carbocycles. The average Bonchev–Trinajstić information content (AvgIpc) is 3.13. The van der Waals surface area contributed by atoms with Crippen molar-refractivity contribution < 1.29 is 12.9 Å². The Morgan fingerprint density at radius 1 is 1.14 bits per heavy atom. The molecule has 7 nitrogen and oxygen atoms in total. The summed E-state index contributed by atoms with van der Waals surface area (Å²) < 4.78 is 28.5. The molecule has 0 aliphatic heterocycles. The van der Waals surface area contributed by atoms with Gasteiger partial charge in [-0.1, -0.05) is 31.1 Å². The first-order valence-electron chi connectivity index (χ1n) is 9.64. The molecular weight excluding hydrogens is 376 g/mol. The van der Waals surface area contributed by atoms with Gasteiger partial charge in [-0.3, -0.25) is 0 Å². The van der Waals surface area contributed by atoms with Crippen LogP contribution in [-0.4, -0.2) is 32.3 Å². The van der Waals surface area contributed by atoms with Crippen molar-refractivity contribution in [3.8, 4) is 0 Å². The SMILES string of the molecule is CCNC(=NCc1ccc(S(C)(=O)=O)cc1)NCc1cc(C(CC)CC)no1. The topological polar surface area (TPSA) is 96.6 Å². The Hall–Kier alpha value is -2.35. The van der Waals surface area contributed by atoms with Gasteiger partial charge < -0.3 is 15.2 Å². The van der Waals surface area contributed by atoms with Gasteiger partial charge in [0.25, 0.3) is 0 Å². The molecule has 0 aliphatic rings. The molecule has 0 amide bonds. The van der Waals surface area contributed by atoms with Gasteiger partial charge in [-0.15, -0.1) is 0 Å². The van der Waals surface area contributed by atoms with Crippen LogP contribution in [0.5, 0.6) is 0 Å². The maximum absolute atomic E-state index is 11.5. The summed E-state index contributed by atoms with van der Waals surface area (Å²) in [6.45, 7) is 7.96. The van der Waals surface area contributed by atoms with E-state index in [-0.39, 0.29) is 0 Å². The maximum Gasteiger partial charge on any atom is 0.191 e. The summed E-state index contributed by atoms with van der Waals surface area (Å²) in [4.78, 5) is 4.86. The number of hydrogen-bond donors (Lipinski definition) is 2. The van der Waals surface area contributed by atoms with Gasteiger partial charge in [-0.05, 0) is 37.5 Å². The summed E-state index contributed by atoms with van der Waals surface area (Å²) in [5, 5.41) is 10.6. The van der Waals surface area contributed by atoms with Crippen molar-refractivity contribution in [1.29, 1.82) is 0 Å². The summed E-state index contributed by atoms with van der Waals surface area (Å²) in [5.41, 5.74) is 1.93. The minimum atomic E-state index is -3.18. The lowest BCUT2D eigenvalue weighted by molar-refractivity contribution is 0.368. The molecule has 0 unspecified atom stereocenters. The van der Waals surface area contributed by atoms with Crippen LogP contribution in [0.3, 0.4) is 0 Å². The number of sulfone groups is 1. The van der Waals surface area contributed by atoms with E-state index in [0.717, 1.165) is 36.4 Å². The first kappa shape index (κ1) is 21.9. The molecule has 0 bridgehead atoms.